The highest BCUT2D eigenvalue weighted by Gasteiger charge is 2.09. The second-order valence-corrected chi connectivity index (χ2v) is 5.05. The number of carbonyl (C=O) groups excluding carboxylic acids is 1. The summed E-state index contributed by atoms with van der Waals surface area (Å²) in [7, 11) is 0. The molecule has 0 unspecified atom stereocenters. The van der Waals surface area contributed by atoms with Crippen molar-refractivity contribution in [2.75, 3.05) is 5.32 Å². The molecule has 0 atom stereocenters. The molecule has 0 saturated carbocycles. The number of amides is 2. The summed E-state index contributed by atoms with van der Waals surface area (Å²) >= 11 is 0. The van der Waals surface area contributed by atoms with Gasteiger partial charge < -0.3 is 15.2 Å². The maximum absolute atomic E-state index is 11.8. The lowest BCUT2D eigenvalue weighted by molar-refractivity contribution is 0.249. The van der Waals surface area contributed by atoms with Crippen molar-refractivity contribution in [2.24, 2.45) is 0 Å². The van der Waals surface area contributed by atoms with Crippen molar-refractivity contribution in [3.8, 4) is 11.4 Å². The van der Waals surface area contributed by atoms with Gasteiger partial charge in [0.15, 0.2) is 0 Å². The fraction of sp³-hybridized carbons (Fsp3) is 0.118. The summed E-state index contributed by atoms with van der Waals surface area (Å²) in [6.07, 6.45) is 0. The Hall–Kier alpha value is -3.15. The smallest absolute Gasteiger partial charge is 0.319 e. The van der Waals surface area contributed by atoms with Crippen LogP contribution in [0.4, 0.5) is 10.5 Å². The molecule has 2 aromatic carbocycles. The van der Waals surface area contributed by atoms with E-state index >= 15 is 0 Å². The van der Waals surface area contributed by atoms with E-state index in [0.717, 1.165) is 16.8 Å². The summed E-state index contributed by atoms with van der Waals surface area (Å²) in [5, 5.41) is 9.31. The Morgan fingerprint density at radius 1 is 1.09 bits per heavy atom. The summed E-state index contributed by atoms with van der Waals surface area (Å²) in [5.74, 6) is 0.856. The normalized spacial score (nSPS) is 10.3. The first-order valence-corrected chi connectivity index (χ1v) is 7.20. The summed E-state index contributed by atoms with van der Waals surface area (Å²) in [4.78, 5) is 16.1. The number of aryl methyl sites for hydroxylation is 1. The number of anilines is 1. The van der Waals surface area contributed by atoms with Gasteiger partial charge in [0.05, 0.1) is 6.54 Å². The van der Waals surface area contributed by atoms with Crippen LogP contribution in [0.5, 0.6) is 0 Å². The molecule has 0 spiro atoms. The van der Waals surface area contributed by atoms with Gasteiger partial charge in [0, 0.05) is 11.3 Å². The van der Waals surface area contributed by atoms with Gasteiger partial charge in [0.2, 0.25) is 11.7 Å². The number of para-hydroxylation sites is 1. The molecular formula is C17H16N4O2. The highest BCUT2D eigenvalue weighted by atomic mass is 16.5. The van der Waals surface area contributed by atoms with E-state index in [2.05, 4.69) is 20.8 Å². The molecule has 1 heterocycles. The quantitative estimate of drug-likeness (QED) is 0.774. The maximum atomic E-state index is 11.8. The third-order valence-electron chi connectivity index (χ3n) is 3.21. The first-order chi connectivity index (χ1) is 11.2. The number of urea groups is 1. The van der Waals surface area contributed by atoms with Crippen LogP contribution in [0.2, 0.25) is 0 Å². The molecule has 3 aromatic rings. The van der Waals surface area contributed by atoms with Gasteiger partial charge in [-0.2, -0.15) is 4.98 Å². The van der Waals surface area contributed by atoms with Gasteiger partial charge in [0.1, 0.15) is 0 Å². The van der Waals surface area contributed by atoms with Crippen LogP contribution in [0.25, 0.3) is 11.4 Å². The van der Waals surface area contributed by atoms with Crippen LogP contribution in [0.1, 0.15) is 11.5 Å². The lowest BCUT2D eigenvalue weighted by Crippen LogP contribution is -2.28. The molecule has 23 heavy (non-hydrogen) atoms. The topological polar surface area (TPSA) is 80.0 Å². The van der Waals surface area contributed by atoms with E-state index in [4.69, 9.17) is 4.52 Å². The third-order valence-corrected chi connectivity index (χ3v) is 3.21. The van der Waals surface area contributed by atoms with Gasteiger partial charge in [-0.3, -0.25) is 0 Å². The number of hydrogen-bond donors (Lipinski definition) is 2. The van der Waals surface area contributed by atoms with Crippen molar-refractivity contribution in [1.29, 1.82) is 0 Å². The fourth-order valence-corrected chi connectivity index (χ4v) is 2.00. The Morgan fingerprint density at radius 3 is 2.57 bits per heavy atom. The van der Waals surface area contributed by atoms with E-state index < -0.39 is 0 Å². The van der Waals surface area contributed by atoms with Crippen molar-refractivity contribution in [3.05, 3.63) is 66.1 Å². The molecule has 0 aliphatic heterocycles. The monoisotopic (exact) mass is 308 g/mol. The van der Waals surface area contributed by atoms with Crippen LogP contribution in [-0.4, -0.2) is 16.2 Å². The van der Waals surface area contributed by atoms with E-state index in [9.17, 15) is 4.79 Å². The molecular weight excluding hydrogens is 292 g/mol. The van der Waals surface area contributed by atoms with Crippen LogP contribution < -0.4 is 10.6 Å². The zero-order valence-corrected chi connectivity index (χ0v) is 12.6. The zero-order valence-electron chi connectivity index (χ0n) is 12.6. The molecule has 6 heteroatoms. The van der Waals surface area contributed by atoms with Crippen molar-refractivity contribution in [1.82, 2.24) is 15.5 Å². The van der Waals surface area contributed by atoms with Gasteiger partial charge in [-0.05, 0) is 19.1 Å². The number of nitrogens with zero attached hydrogens (tertiary/aromatic N) is 2. The predicted molar refractivity (Wildman–Crippen MR) is 86.8 cm³/mol. The molecule has 0 aliphatic carbocycles. The van der Waals surface area contributed by atoms with E-state index in [1.165, 1.54) is 0 Å². The van der Waals surface area contributed by atoms with Gasteiger partial charge in [0.25, 0.3) is 0 Å². The van der Waals surface area contributed by atoms with E-state index in [0.29, 0.717) is 11.7 Å². The molecule has 1 aromatic heterocycles. The van der Waals surface area contributed by atoms with Crippen molar-refractivity contribution in [2.45, 2.75) is 13.5 Å². The van der Waals surface area contributed by atoms with E-state index in [1.54, 1.807) is 0 Å². The standard InChI is InChI=1S/C17H16N4O2/c1-12-7-9-13(10-8-12)16-20-15(23-21-16)11-18-17(22)19-14-5-3-2-4-6-14/h2-10H,11H2,1H3,(H2,18,19,22). The molecule has 0 bridgehead atoms. The average Bonchev–Trinajstić information content (AvgIpc) is 3.04. The number of rotatable bonds is 4. The predicted octanol–water partition coefficient (Wildman–Crippen LogP) is 3.37. The Bertz CT molecular complexity index is 782. The fourth-order valence-electron chi connectivity index (χ4n) is 2.00. The van der Waals surface area contributed by atoms with Crippen LogP contribution in [0, 0.1) is 6.92 Å². The Balaban J connectivity index is 1.57. The number of hydrogen-bond acceptors (Lipinski definition) is 4. The lowest BCUT2D eigenvalue weighted by Gasteiger charge is -2.04. The number of carbonyl (C=O) groups is 1. The Morgan fingerprint density at radius 2 is 1.83 bits per heavy atom. The summed E-state index contributed by atoms with van der Waals surface area (Å²) < 4.78 is 5.15. The largest absolute Gasteiger partial charge is 0.337 e. The van der Waals surface area contributed by atoms with Crippen LogP contribution in [0.3, 0.4) is 0 Å². The molecule has 6 nitrogen and oxygen atoms in total. The molecule has 0 radical (unpaired) electrons. The number of aromatic nitrogens is 2. The minimum Gasteiger partial charge on any atom is -0.337 e. The average molecular weight is 308 g/mol. The minimum atomic E-state index is -0.328. The maximum Gasteiger partial charge on any atom is 0.319 e. The lowest BCUT2D eigenvalue weighted by atomic mass is 10.1. The second kappa shape index (κ2) is 6.74. The van der Waals surface area contributed by atoms with Crippen molar-refractivity contribution >= 4 is 11.7 Å². The minimum absolute atomic E-state index is 0.164. The number of benzene rings is 2. The molecule has 2 N–H and O–H groups in total. The van der Waals surface area contributed by atoms with Gasteiger partial charge in [-0.15, -0.1) is 0 Å². The van der Waals surface area contributed by atoms with Gasteiger partial charge in [-0.25, -0.2) is 4.79 Å². The van der Waals surface area contributed by atoms with Crippen LogP contribution >= 0.6 is 0 Å². The third kappa shape index (κ3) is 3.94. The van der Waals surface area contributed by atoms with Gasteiger partial charge >= 0.3 is 6.03 Å². The van der Waals surface area contributed by atoms with Crippen LogP contribution in [-0.2, 0) is 6.54 Å². The molecule has 0 aliphatic rings. The first-order valence-electron chi connectivity index (χ1n) is 7.20. The Kier molecular flexibility index (Phi) is 4.33. The molecule has 116 valence electrons. The first kappa shape index (κ1) is 14.8. The molecule has 2 amide bonds. The number of nitrogens with one attached hydrogen (secondary N) is 2. The van der Waals surface area contributed by atoms with E-state index in [1.807, 2.05) is 61.5 Å². The molecule has 0 fully saturated rings. The van der Waals surface area contributed by atoms with Crippen molar-refractivity contribution < 1.29 is 9.32 Å². The highest BCUT2D eigenvalue weighted by Crippen LogP contribution is 2.16. The summed E-state index contributed by atoms with van der Waals surface area (Å²) in [6.45, 7) is 2.18. The summed E-state index contributed by atoms with van der Waals surface area (Å²) in [6, 6.07) is 16.7. The molecule has 0 saturated heterocycles. The Labute approximate surface area is 133 Å². The zero-order chi connectivity index (χ0) is 16.1. The van der Waals surface area contributed by atoms with E-state index in [-0.39, 0.29) is 12.6 Å². The summed E-state index contributed by atoms with van der Waals surface area (Å²) in [5.41, 5.74) is 2.76. The van der Waals surface area contributed by atoms with Crippen molar-refractivity contribution in [3.63, 3.8) is 0 Å². The van der Waals surface area contributed by atoms with Gasteiger partial charge in [-0.1, -0.05) is 53.2 Å². The highest BCUT2D eigenvalue weighted by molar-refractivity contribution is 5.89. The van der Waals surface area contributed by atoms with Crippen LogP contribution in [0.15, 0.2) is 59.1 Å². The second-order valence-electron chi connectivity index (χ2n) is 5.05. The SMILES string of the molecule is Cc1ccc(-c2noc(CNC(=O)Nc3ccccc3)n2)cc1. The molecule has 3 rings (SSSR count).